The highest BCUT2D eigenvalue weighted by atomic mass is 16.5. The number of benzene rings is 2. The first-order valence-electron chi connectivity index (χ1n) is 9.20. The molecule has 0 saturated carbocycles. The Morgan fingerprint density at radius 2 is 1.72 bits per heavy atom. The van der Waals surface area contributed by atoms with Gasteiger partial charge in [0.2, 0.25) is 5.91 Å². The molecule has 2 rings (SSSR count). The lowest BCUT2D eigenvalue weighted by atomic mass is 10.1. The smallest absolute Gasteiger partial charge is 0.269 e. The Hall–Kier alpha value is -3.55. The largest absolute Gasteiger partial charge is 0.493 e. The van der Waals surface area contributed by atoms with Gasteiger partial charge in [0, 0.05) is 24.1 Å². The molecule has 8 nitrogen and oxygen atoms in total. The van der Waals surface area contributed by atoms with Crippen molar-refractivity contribution >= 4 is 17.7 Å². The molecule has 0 saturated heterocycles. The van der Waals surface area contributed by atoms with Gasteiger partial charge in [0.15, 0.2) is 11.5 Å². The Morgan fingerprint density at radius 3 is 2.41 bits per heavy atom. The summed E-state index contributed by atoms with van der Waals surface area (Å²) in [7, 11) is 1.48. The zero-order valence-corrected chi connectivity index (χ0v) is 16.7. The van der Waals surface area contributed by atoms with Crippen molar-refractivity contribution in [3.05, 3.63) is 59.2 Å². The van der Waals surface area contributed by atoms with Gasteiger partial charge in [-0.15, -0.1) is 0 Å². The van der Waals surface area contributed by atoms with Gasteiger partial charge >= 0.3 is 0 Å². The highest BCUT2D eigenvalue weighted by Crippen LogP contribution is 2.27. The number of nitrogens with one attached hydrogen (secondary N) is 3. The van der Waals surface area contributed by atoms with E-state index in [2.05, 4.69) is 16.2 Å². The van der Waals surface area contributed by atoms with Crippen LogP contribution in [0.2, 0.25) is 0 Å². The summed E-state index contributed by atoms with van der Waals surface area (Å²) in [6.45, 7) is 4.30. The first-order valence-corrected chi connectivity index (χ1v) is 9.20. The van der Waals surface area contributed by atoms with Gasteiger partial charge in [0.05, 0.1) is 13.7 Å². The zero-order valence-electron chi connectivity index (χ0n) is 16.7. The summed E-state index contributed by atoms with van der Waals surface area (Å²) < 4.78 is 10.6. The predicted octanol–water partition coefficient (Wildman–Crippen LogP) is 1.98. The third kappa shape index (κ3) is 6.24. The van der Waals surface area contributed by atoms with Crippen LogP contribution in [0.3, 0.4) is 0 Å². The van der Waals surface area contributed by atoms with E-state index in [1.807, 2.05) is 26.0 Å². The van der Waals surface area contributed by atoms with Crippen molar-refractivity contribution in [3.8, 4) is 11.5 Å². The summed E-state index contributed by atoms with van der Waals surface area (Å²) in [6, 6.07) is 11.9. The second kappa shape index (κ2) is 10.7. The molecule has 0 aliphatic rings. The topological polar surface area (TPSA) is 106 Å². The fourth-order valence-corrected chi connectivity index (χ4v) is 2.56. The molecule has 0 heterocycles. The molecule has 154 valence electrons. The Bertz CT molecular complexity index is 882. The van der Waals surface area contributed by atoms with Crippen LogP contribution in [0, 0.1) is 6.92 Å². The van der Waals surface area contributed by atoms with E-state index in [4.69, 9.17) is 9.47 Å². The summed E-state index contributed by atoms with van der Waals surface area (Å²) in [5.74, 6) is -0.226. The number of carbonyl (C=O) groups excluding carboxylic acids is 3. The Kier molecular flexibility index (Phi) is 8.02. The molecule has 0 atom stereocenters. The number of hydrazine groups is 1. The second-order valence-electron chi connectivity index (χ2n) is 6.12. The van der Waals surface area contributed by atoms with E-state index in [-0.39, 0.29) is 18.9 Å². The highest BCUT2D eigenvalue weighted by Gasteiger charge is 2.12. The summed E-state index contributed by atoms with van der Waals surface area (Å²) in [6.07, 6.45) is 0.0184. The number of ether oxygens (including phenoxy) is 2. The van der Waals surface area contributed by atoms with Gasteiger partial charge in [0.25, 0.3) is 11.8 Å². The van der Waals surface area contributed by atoms with Crippen LogP contribution in [0.15, 0.2) is 42.5 Å². The van der Waals surface area contributed by atoms with Gasteiger partial charge in [-0.1, -0.05) is 18.2 Å². The minimum atomic E-state index is -0.497. The fraction of sp³-hybridized carbons (Fsp3) is 0.286. The molecule has 0 aromatic heterocycles. The second-order valence-corrected chi connectivity index (χ2v) is 6.12. The number of hydrogen-bond donors (Lipinski definition) is 3. The molecule has 0 aliphatic heterocycles. The average molecular weight is 399 g/mol. The van der Waals surface area contributed by atoms with Crippen molar-refractivity contribution in [2.24, 2.45) is 0 Å². The van der Waals surface area contributed by atoms with Crippen LogP contribution in [-0.2, 0) is 4.79 Å². The number of rotatable bonds is 8. The van der Waals surface area contributed by atoms with E-state index in [0.717, 1.165) is 5.56 Å². The number of amides is 3. The van der Waals surface area contributed by atoms with E-state index in [0.29, 0.717) is 29.2 Å². The molecule has 2 aromatic rings. The Labute approximate surface area is 169 Å². The first kappa shape index (κ1) is 21.7. The molecule has 8 heteroatoms. The summed E-state index contributed by atoms with van der Waals surface area (Å²) in [5.41, 5.74) is 6.37. The molecule has 0 aliphatic carbocycles. The van der Waals surface area contributed by atoms with Crippen LogP contribution in [0.1, 0.15) is 39.6 Å². The van der Waals surface area contributed by atoms with Gasteiger partial charge in [-0.2, -0.15) is 0 Å². The number of methoxy groups -OCH3 is 1. The van der Waals surface area contributed by atoms with Gasteiger partial charge in [-0.25, -0.2) is 0 Å². The van der Waals surface area contributed by atoms with Crippen LogP contribution in [-0.4, -0.2) is 38.0 Å². The molecule has 0 radical (unpaired) electrons. The van der Waals surface area contributed by atoms with Gasteiger partial charge < -0.3 is 14.8 Å². The van der Waals surface area contributed by atoms with E-state index in [1.54, 1.807) is 24.3 Å². The molecular weight excluding hydrogens is 374 g/mol. The fourth-order valence-electron chi connectivity index (χ4n) is 2.56. The molecule has 2 aromatic carbocycles. The normalized spacial score (nSPS) is 10.0. The quantitative estimate of drug-likeness (QED) is 0.589. The minimum Gasteiger partial charge on any atom is -0.493 e. The zero-order chi connectivity index (χ0) is 21.2. The maximum Gasteiger partial charge on any atom is 0.269 e. The standard InChI is InChI=1S/C21H25N3O5/c1-4-29-17-10-9-15(13-18(17)28-3)20(26)24-23-19(25)11-12-22-21(27)16-8-6-5-7-14(16)2/h5-10,13H,4,11-12H2,1-3H3,(H,22,27)(H,23,25)(H,24,26). The summed E-state index contributed by atoms with van der Waals surface area (Å²) in [4.78, 5) is 36.2. The van der Waals surface area contributed by atoms with Crippen molar-refractivity contribution < 1.29 is 23.9 Å². The van der Waals surface area contributed by atoms with Crippen molar-refractivity contribution in [1.82, 2.24) is 16.2 Å². The van der Waals surface area contributed by atoms with Crippen LogP contribution >= 0.6 is 0 Å². The monoisotopic (exact) mass is 399 g/mol. The van der Waals surface area contributed by atoms with Crippen LogP contribution in [0.5, 0.6) is 11.5 Å². The number of aryl methyl sites for hydroxylation is 1. The molecular formula is C21H25N3O5. The van der Waals surface area contributed by atoms with Crippen LogP contribution in [0.25, 0.3) is 0 Å². The Morgan fingerprint density at radius 1 is 0.966 bits per heavy atom. The lowest BCUT2D eigenvalue weighted by Crippen LogP contribution is -2.42. The summed E-state index contributed by atoms with van der Waals surface area (Å²) >= 11 is 0. The maximum atomic E-state index is 12.2. The SMILES string of the molecule is CCOc1ccc(C(=O)NNC(=O)CCNC(=O)c2ccccc2C)cc1OC. The van der Waals surface area contributed by atoms with E-state index in [1.165, 1.54) is 13.2 Å². The third-order valence-corrected chi connectivity index (χ3v) is 4.07. The predicted molar refractivity (Wildman–Crippen MR) is 108 cm³/mol. The van der Waals surface area contributed by atoms with Crippen LogP contribution in [0.4, 0.5) is 0 Å². The van der Waals surface area contributed by atoms with Gasteiger partial charge in [-0.3, -0.25) is 25.2 Å². The van der Waals surface area contributed by atoms with E-state index < -0.39 is 11.8 Å². The molecule has 3 N–H and O–H groups in total. The molecule has 0 spiro atoms. The van der Waals surface area contributed by atoms with E-state index >= 15 is 0 Å². The van der Waals surface area contributed by atoms with Crippen molar-refractivity contribution in [2.45, 2.75) is 20.3 Å². The van der Waals surface area contributed by atoms with Crippen molar-refractivity contribution in [2.75, 3.05) is 20.3 Å². The van der Waals surface area contributed by atoms with Gasteiger partial charge in [0.1, 0.15) is 0 Å². The number of hydrogen-bond acceptors (Lipinski definition) is 5. The highest BCUT2D eigenvalue weighted by molar-refractivity contribution is 5.97. The molecule has 29 heavy (non-hydrogen) atoms. The summed E-state index contributed by atoms with van der Waals surface area (Å²) in [5, 5.41) is 2.68. The first-order chi connectivity index (χ1) is 14.0. The molecule has 3 amide bonds. The van der Waals surface area contributed by atoms with Gasteiger partial charge in [-0.05, 0) is 43.7 Å². The molecule has 0 fully saturated rings. The minimum absolute atomic E-state index is 0.0184. The Balaban J connectivity index is 1.79. The van der Waals surface area contributed by atoms with Crippen molar-refractivity contribution in [3.63, 3.8) is 0 Å². The average Bonchev–Trinajstić information content (AvgIpc) is 2.72. The van der Waals surface area contributed by atoms with E-state index in [9.17, 15) is 14.4 Å². The lowest BCUT2D eigenvalue weighted by Gasteiger charge is -2.12. The number of carbonyl (C=O) groups is 3. The van der Waals surface area contributed by atoms with Crippen molar-refractivity contribution in [1.29, 1.82) is 0 Å². The van der Waals surface area contributed by atoms with Crippen LogP contribution < -0.4 is 25.6 Å². The molecule has 0 bridgehead atoms. The third-order valence-electron chi connectivity index (χ3n) is 4.07. The maximum absolute atomic E-state index is 12.2. The lowest BCUT2D eigenvalue weighted by molar-refractivity contribution is -0.121. The molecule has 0 unspecified atom stereocenters.